The SMILES string of the molecule is CCCCCCCCCCC1(CCCCCCCCCC)CCN(OC)[C@]1(OC)C(=O)O.N. The van der Waals surface area contributed by atoms with Crippen LogP contribution in [0.25, 0.3) is 0 Å². The van der Waals surface area contributed by atoms with Gasteiger partial charge in [-0.2, -0.15) is 0 Å². The van der Waals surface area contributed by atoms with Gasteiger partial charge in [-0.3, -0.25) is 4.84 Å². The fourth-order valence-corrected chi connectivity index (χ4v) is 5.77. The molecule has 6 heteroatoms. The third-order valence-electron chi connectivity index (χ3n) is 7.69. The molecule has 0 aromatic heterocycles. The van der Waals surface area contributed by atoms with Crippen molar-refractivity contribution >= 4 is 5.97 Å². The van der Waals surface area contributed by atoms with E-state index >= 15 is 0 Å². The normalized spacial score (nSPS) is 20.1. The summed E-state index contributed by atoms with van der Waals surface area (Å²) in [6.07, 6.45) is 22.8. The van der Waals surface area contributed by atoms with Gasteiger partial charge in [0, 0.05) is 19.1 Å². The predicted molar refractivity (Wildman–Crippen MR) is 138 cm³/mol. The van der Waals surface area contributed by atoms with Crippen LogP contribution in [0.15, 0.2) is 0 Å². The van der Waals surface area contributed by atoms with E-state index in [2.05, 4.69) is 13.8 Å². The molecule has 0 spiro atoms. The summed E-state index contributed by atoms with van der Waals surface area (Å²) in [4.78, 5) is 18.1. The highest BCUT2D eigenvalue weighted by atomic mass is 16.7. The van der Waals surface area contributed by atoms with Crippen molar-refractivity contribution in [3.63, 3.8) is 0 Å². The van der Waals surface area contributed by atoms with Crippen LogP contribution in [-0.2, 0) is 14.4 Å². The van der Waals surface area contributed by atoms with Crippen molar-refractivity contribution in [1.29, 1.82) is 0 Å². The fourth-order valence-electron chi connectivity index (χ4n) is 5.77. The largest absolute Gasteiger partial charge is 0.478 e. The Kier molecular flexibility index (Phi) is 18.2. The van der Waals surface area contributed by atoms with Gasteiger partial charge in [-0.1, -0.05) is 117 Å². The molecular formula is C27H56N2O4. The lowest BCUT2D eigenvalue weighted by molar-refractivity contribution is -0.295. The van der Waals surface area contributed by atoms with Gasteiger partial charge in [0.2, 0.25) is 5.72 Å². The molecule has 0 aromatic carbocycles. The monoisotopic (exact) mass is 472 g/mol. The van der Waals surface area contributed by atoms with Crippen LogP contribution in [-0.4, -0.2) is 42.6 Å². The first-order chi connectivity index (χ1) is 15.5. The quantitative estimate of drug-likeness (QED) is 0.165. The van der Waals surface area contributed by atoms with Gasteiger partial charge in [-0.15, -0.1) is 5.06 Å². The maximum Gasteiger partial charge on any atom is 0.354 e. The molecule has 0 radical (unpaired) electrons. The molecular weight excluding hydrogens is 416 g/mol. The molecule has 0 bridgehead atoms. The molecule has 0 unspecified atom stereocenters. The van der Waals surface area contributed by atoms with Crippen LogP contribution in [0.1, 0.15) is 136 Å². The van der Waals surface area contributed by atoms with Gasteiger partial charge in [0.05, 0.1) is 7.11 Å². The lowest BCUT2D eigenvalue weighted by Crippen LogP contribution is -2.60. The van der Waals surface area contributed by atoms with E-state index in [1.54, 1.807) is 19.3 Å². The van der Waals surface area contributed by atoms with Crippen molar-refractivity contribution in [2.75, 3.05) is 20.8 Å². The molecule has 1 fully saturated rings. The van der Waals surface area contributed by atoms with Crippen LogP contribution in [0.2, 0.25) is 0 Å². The Morgan fingerprint density at radius 1 is 0.758 bits per heavy atom. The van der Waals surface area contributed by atoms with Crippen molar-refractivity contribution in [2.45, 2.75) is 142 Å². The first-order valence-corrected chi connectivity index (χ1v) is 13.6. The number of carboxylic acids is 1. The van der Waals surface area contributed by atoms with Crippen molar-refractivity contribution in [2.24, 2.45) is 5.41 Å². The first-order valence-electron chi connectivity index (χ1n) is 13.6. The summed E-state index contributed by atoms with van der Waals surface area (Å²) in [7, 11) is 3.11. The average molecular weight is 473 g/mol. The molecule has 1 saturated heterocycles. The smallest absolute Gasteiger partial charge is 0.354 e. The molecule has 1 heterocycles. The Hall–Kier alpha value is -0.690. The van der Waals surface area contributed by atoms with Gasteiger partial charge in [-0.05, 0) is 19.3 Å². The summed E-state index contributed by atoms with van der Waals surface area (Å²) in [5, 5.41) is 11.9. The minimum absolute atomic E-state index is 0. The Bertz CT molecular complexity index is 469. The van der Waals surface area contributed by atoms with Crippen LogP contribution in [0, 0.1) is 5.41 Å². The molecule has 6 nitrogen and oxygen atoms in total. The number of hydroxylamine groups is 2. The van der Waals surface area contributed by atoms with Crippen molar-refractivity contribution in [3.8, 4) is 0 Å². The van der Waals surface area contributed by atoms with E-state index in [-0.39, 0.29) is 11.6 Å². The van der Waals surface area contributed by atoms with Crippen molar-refractivity contribution in [1.82, 2.24) is 11.2 Å². The average Bonchev–Trinajstić information content (AvgIpc) is 3.11. The van der Waals surface area contributed by atoms with Gasteiger partial charge in [0.1, 0.15) is 0 Å². The number of methoxy groups -OCH3 is 1. The fraction of sp³-hybridized carbons (Fsp3) is 0.963. The van der Waals surface area contributed by atoms with E-state index in [0.717, 1.165) is 32.1 Å². The highest BCUT2D eigenvalue weighted by Crippen LogP contribution is 2.53. The molecule has 33 heavy (non-hydrogen) atoms. The van der Waals surface area contributed by atoms with Gasteiger partial charge in [0.25, 0.3) is 0 Å². The molecule has 4 N–H and O–H groups in total. The molecule has 198 valence electrons. The van der Waals surface area contributed by atoms with Gasteiger partial charge < -0.3 is 16.0 Å². The number of ether oxygens (including phenoxy) is 1. The van der Waals surface area contributed by atoms with Gasteiger partial charge in [-0.25, -0.2) is 4.79 Å². The third-order valence-corrected chi connectivity index (χ3v) is 7.69. The second-order valence-electron chi connectivity index (χ2n) is 9.92. The summed E-state index contributed by atoms with van der Waals surface area (Å²) in [5.41, 5.74) is -1.75. The molecule has 1 aliphatic heterocycles. The van der Waals surface area contributed by atoms with E-state index in [9.17, 15) is 9.90 Å². The Morgan fingerprint density at radius 2 is 1.15 bits per heavy atom. The van der Waals surface area contributed by atoms with Crippen LogP contribution in [0.5, 0.6) is 0 Å². The Morgan fingerprint density at radius 3 is 1.48 bits per heavy atom. The Balaban J connectivity index is 0.0000102. The molecule has 0 saturated carbocycles. The summed E-state index contributed by atoms with van der Waals surface area (Å²) < 4.78 is 5.83. The number of nitrogens with zero attached hydrogens (tertiary/aromatic N) is 1. The topological polar surface area (TPSA) is 94.0 Å². The second-order valence-corrected chi connectivity index (χ2v) is 9.92. The molecule has 1 atom stereocenters. The van der Waals surface area contributed by atoms with Crippen molar-refractivity contribution in [3.05, 3.63) is 0 Å². The number of hydrogen-bond donors (Lipinski definition) is 2. The van der Waals surface area contributed by atoms with Crippen LogP contribution in [0.4, 0.5) is 0 Å². The number of unbranched alkanes of at least 4 members (excludes halogenated alkanes) is 14. The number of carbonyl (C=O) groups is 1. The highest BCUT2D eigenvalue weighted by molar-refractivity contribution is 5.78. The lowest BCUT2D eigenvalue weighted by Gasteiger charge is -2.44. The minimum atomic E-state index is -1.37. The van der Waals surface area contributed by atoms with Gasteiger partial charge in [0.15, 0.2) is 0 Å². The molecule has 0 amide bonds. The number of carboxylic acid groups (broad SMARTS) is 1. The standard InChI is InChI=1S/C27H53NO4.H3N/c1-5-7-9-11-13-15-17-19-21-26(22-20-18-16-14-12-10-8-6-2)23-24-28(32-4)27(26,31-3)25(29)30;/h5-24H2,1-4H3,(H,29,30);1H3/t27-;/m0./s1. The zero-order valence-corrected chi connectivity index (χ0v) is 22.5. The summed E-state index contributed by atoms with van der Waals surface area (Å²) in [6, 6.07) is 0. The third kappa shape index (κ3) is 9.46. The molecule has 0 aliphatic carbocycles. The number of rotatable bonds is 21. The van der Waals surface area contributed by atoms with Gasteiger partial charge >= 0.3 is 5.97 Å². The molecule has 1 rings (SSSR count). The predicted octanol–water partition coefficient (Wildman–Crippen LogP) is 7.89. The van der Waals surface area contributed by atoms with Crippen LogP contribution in [0.3, 0.4) is 0 Å². The van der Waals surface area contributed by atoms with E-state index in [1.165, 1.54) is 89.9 Å². The summed E-state index contributed by atoms with van der Waals surface area (Å²) in [6.45, 7) is 5.12. The van der Waals surface area contributed by atoms with E-state index in [1.807, 2.05) is 0 Å². The van der Waals surface area contributed by atoms with E-state index < -0.39 is 11.7 Å². The lowest BCUT2D eigenvalue weighted by atomic mass is 9.69. The zero-order chi connectivity index (χ0) is 23.7. The first kappa shape index (κ1) is 32.3. The van der Waals surface area contributed by atoms with Crippen LogP contribution < -0.4 is 6.15 Å². The van der Waals surface area contributed by atoms with Crippen LogP contribution >= 0.6 is 0 Å². The zero-order valence-electron chi connectivity index (χ0n) is 22.5. The Labute approximate surface area is 204 Å². The number of hydrogen-bond acceptors (Lipinski definition) is 5. The van der Waals surface area contributed by atoms with E-state index in [0.29, 0.717) is 6.54 Å². The number of aliphatic carboxylic acids is 1. The van der Waals surface area contributed by atoms with Crippen molar-refractivity contribution < 1.29 is 19.5 Å². The highest BCUT2D eigenvalue weighted by Gasteiger charge is 2.65. The minimum Gasteiger partial charge on any atom is -0.478 e. The maximum absolute atomic E-state index is 12.6. The molecule has 0 aromatic rings. The van der Waals surface area contributed by atoms with E-state index in [4.69, 9.17) is 9.57 Å². The summed E-state index contributed by atoms with van der Waals surface area (Å²) in [5.74, 6) is -0.904. The maximum atomic E-state index is 12.6. The molecule has 1 aliphatic rings. The summed E-state index contributed by atoms with van der Waals surface area (Å²) >= 11 is 0. The second kappa shape index (κ2) is 18.6.